The zero-order chi connectivity index (χ0) is 13.9. The predicted molar refractivity (Wildman–Crippen MR) is 67.5 cm³/mol. The molecule has 1 unspecified atom stereocenters. The molecule has 4 nitrogen and oxygen atoms in total. The Morgan fingerprint density at radius 3 is 2.56 bits per heavy atom. The SMILES string of the molecule is CC(CNS(=O)(=O)c1ccc(F)c(F)c1)C(N)=S. The van der Waals surface area contributed by atoms with E-state index in [1.54, 1.807) is 6.92 Å². The van der Waals surface area contributed by atoms with Gasteiger partial charge in [-0.3, -0.25) is 0 Å². The molecule has 8 heteroatoms. The zero-order valence-corrected chi connectivity index (χ0v) is 11.1. The molecule has 0 aliphatic heterocycles. The second kappa shape index (κ2) is 5.68. The molecular weight excluding hydrogens is 282 g/mol. The molecule has 0 aliphatic carbocycles. The monoisotopic (exact) mass is 294 g/mol. The lowest BCUT2D eigenvalue weighted by Crippen LogP contribution is -2.33. The summed E-state index contributed by atoms with van der Waals surface area (Å²) in [5, 5.41) is 0. The van der Waals surface area contributed by atoms with Gasteiger partial charge in [-0.25, -0.2) is 21.9 Å². The molecule has 1 atom stereocenters. The van der Waals surface area contributed by atoms with Crippen LogP contribution in [0.4, 0.5) is 8.78 Å². The van der Waals surface area contributed by atoms with E-state index in [4.69, 9.17) is 18.0 Å². The number of benzene rings is 1. The van der Waals surface area contributed by atoms with Gasteiger partial charge in [-0.2, -0.15) is 0 Å². The van der Waals surface area contributed by atoms with E-state index in [0.717, 1.165) is 12.1 Å². The summed E-state index contributed by atoms with van der Waals surface area (Å²) in [6.07, 6.45) is 0. The van der Waals surface area contributed by atoms with Crippen LogP contribution < -0.4 is 10.5 Å². The van der Waals surface area contributed by atoms with Crippen molar-refractivity contribution in [2.45, 2.75) is 11.8 Å². The van der Waals surface area contributed by atoms with Gasteiger partial charge in [0, 0.05) is 12.5 Å². The van der Waals surface area contributed by atoms with Crippen LogP contribution in [0.3, 0.4) is 0 Å². The smallest absolute Gasteiger partial charge is 0.240 e. The van der Waals surface area contributed by atoms with Gasteiger partial charge in [0.15, 0.2) is 11.6 Å². The first kappa shape index (κ1) is 14.9. The molecule has 0 amide bonds. The van der Waals surface area contributed by atoms with E-state index >= 15 is 0 Å². The van der Waals surface area contributed by atoms with Gasteiger partial charge in [0.1, 0.15) is 0 Å². The van der Waals surface area contributed by atoms with E-state index in [1.807, 2.05) is 0 Å². The molecule has 1 aromatic carbocycles. The van der Waals surface area contributed by atoms with E-state index in [1.165, 1.54) is 0 Å². The van der Waals surface area contributed by atoms with Crippen molar-refractivity contribution in [2.75, 3.05) is 6.54 Å². The van der Waals surface area contributed by atoms with Crippen LogP contribution in [-0.4, -0.2) is 20.0 Å². The second-order valence-electron chi connectivity index (χ2n) is 3.73. The van der Waals surface area contributed by atoms with E-state index in [2.05, 4.69) is 4.72 Å². The van der Waals surface area contributed by atoms with Crippen LogP contribution in [-0.2, 0) is 10.0 Å². The Morgan fingerprint density at radius 2 is 2.06 bits per heavy atom. The minimum absolute atomic E-state index is 0.00331. The number of halogens is 2. The van der Waals surface area contributed by atoms with Crippen LogP contribution in [0.25, 0.3) is 0 Å². The van der Waals surface area contributed by atoms with Crippen LogP contribution in [0.15, 0.2) is 23.1 Å². The maximum absolute atomic E-state index is 12.9. The Bertz CT molecular complexity index is 561. The first-order valence-electron chi connectivity index (χ1n) is 4.98. The number of nitrogens with one attached hydrogen (secondary N) is 1. The number of sulfonamides is 1. The largest absolute Gasteiger partial charge is 0.393 e. The molecule has 100 valence electrons. The van der Waals surface area contributed by atoms with Crippen molar-refractivity contribution in [1.82, 2.24) is 4.72 Å². The highest BCUT2D eigenvalue weighted by molar-refractivity contribution is 7.89. The van der Waals surface area contributed by atoms with Crippen molar-refractivity contribution in [2.24, 2.45) is 11.7 Å². The van der Waals surface area contributed by atoms with Crippen LogP contribution in [0, 0.1) is 17.6 Å². The van der Waals surface area contributed by atoms with E-state index in [9.17, 15) is 17.2 Å². The average molecular weight is 294 g/mol. The molecule has 0 heterocycles. The summed E-state index contributed by atoms with van der Waals surface area (Å²) >= 11 is 4.69. The van der Waals surface area contributed by atoms with Gasteiger partial charge in [-0.15, -0.1) is 0 Å². The van der Waals surface area contributed by atoms with Crippen LogP contribution in [0.1, 0.15) is 6.92 Å². The first-order valence-corrected chi connectivity index (χ1v) is 6.87. The lowest BCUT2D eigenvalue weighted by atomic mass is 10.2. The van der Waals surface area contributed by atoms with Crippen molar-refractivity contribution in [3.63, 3.8) is 0 Å². The highest BCUT2D eigenvalue weighted by atomic mass is 32.2. The summed E-state index contributed by atoms with van der Waals surface area (Å²) in [5.74, 6) is -2.66. The Labute approximate surface area is 109 Å². The lowest BCUT2D eigenvalue weighted by Gasteiger charge is -2.11. The number of rotatable bonds is 5. The maximum atomic E-state index is 12.9. The quantitative estimate of drug-likeness (QED) is 0.800. The van der Waals surface area contributed by atoms with Gasteiger partial charge in [0.25, 0.3) is 0 Å². The summed E-state index contributed by atoms with van der Waals surface area (Å²) in [7, 11) is -3.90. The fourth-order valence-electron chi connectivity index (χ4n) is 1.06. The highest BCUT2D eigenvalue weighted by Crippen LogP contribution is 2.13. The fourth-order valence-corrected chi connectivity index (χ4v) is 2.29. The van der Waals surface area contributed by atoms with E-state index in [-0.39, 0.29) is 22.3 Å². The van der Waals surface area contributed by atoms with E-state index in [0.29, 0.717) is 6.07 Å². The third-order valence-electron chi connectivity index (χ3n) is 2.27. The minimum atomic E-state index is -3.90. The summed E-state index contributed by atoms with van der Waals surface area (Å²) in [4.78, 5) is -0.181. The average Bonchev–Trinajstić information content (AvgIpc) is 2.29. The van der Waals surface area contributed by atoms with Crippen LogP contribution in [0.5, 0.6) is 0 Å². The number of hydrogen-bond acceptors (Lipinski definition) is 3. The number of hydrogen-bond donors (Lipinski definition) is 2. The zero-order valence-electron chi connectivity index (χ0n) is 9.48. The summed E-state index contributed by atoms with van der Waals surface area (Å²) < 4.78 is 51.3. The topological polar surface area (TPSA) is 72.2 Å². The Hall–Kier alpha value is -1.12. The van der Waals surface area contributed by atoms with Gasteiger partial charge < -0.3 is 5.73 Å². The summed E-state index contributed by atoms with van der Waals surface area (Å²) in [5.41, 5.74) is 5.34. The predicted octanol–water partition coefficient (Wildman–Crippen LogP) is 1.17. The van der Waals surface area contributed by atoms with Gasteiger partial charge >= 0.3 is 0 Å². The molecular formula is C10H12F2N2O2S2. The number of thiocarbonyl (C=S) groups is 1. The molecule has 0 aliphatic rings. The maximum Gasteiger partial charge on any atom is 0.240 e. The molecule has 0 saturated heterocycles. The highest BCUT2D eigenvalue weighted by Gasteiger charge is 2.17. The Kier molecular flexibility index (Phi) is 4.71. The summed E-state index contributed by atoms with van der Waals surface area (Å²) in [6, 6.07) is 2.34. The molecule has 1 rings (SSSR count). The Morgan fingerprint density at radius 1 is 1.44 bits per heavy atom. The van der Waals surface area contributed by atoms with Crippen molar-refractivity contribution >= 4 is 27.2 Å². The first-order chi connectivity index (χ1) is 8.24. The molecule has 1 aromatic rings. The van der Waals surface area contributed by atoms with Gasteiger partial charge in [-0.05, 0) is 18.2 Å². The number of nitrogens with two attached hydrogens (primary N) is 1. The molecule has 0 saturated carbocycles. The van der Waals surface area contributed by atoms with Crippen molar-refractivity contribution in [3.8, 4) is 0 Å². The molecule has 0 bridgehead atoms. The van der Waals surface area contributed by atoms with Crippen molar-refractivity contribution in [1.29, 1.82) is 0 Å². The van der Waals surface area contributed by atoms with Crippen LogP contribution in [0.2, 0.25) is 0 Å². The lowest BCUT2D eigenvalue weighted by molar-refractivity contribution is 0.504. The molecule has 0 spiro atoms. The third-order valence-corrected chi connectivity index (χ3v) is 4.09. The molecule has 0 aromatic heterocycles. The standard InChI is InChI=1S/C10H12F2N2O2S2/c1-6(10(13)17)5-14-18(15,16)7-2-3-8(11)9(12)4-7/h2-4,6,14H,5H2,1H3,(H2,13,17). The van der Waals surface area contributed by atoms with Crippen LogP contribution >= 0.6 is 12.2 Å². The van der Waals surface area contributed by atoms with E-state index < -0.39 is 21.7 Å². The molecule has 0 radical (unpaired) electrons. The normalized spacial score (nSPS) is 13.3. The third kappa shape index (κ3) is 3.69. The fraction of sp³-hybridized carbons (Fsp3) is 0.300. The van der Waals surface area contributed by atoms with Gasteiger partial charge in [-0.1, -0.05) is 19.1 Å². The summed E-state index contributed by atoms with van der Waals surface area (Å²) in [6.45, 7) is 1.65. The van der Waals surface area contributed by atoms with Crippen molar-refractivity contribution < 1.29 is 17.2 Å². The van der Waals surface area contributed by atoms with Gasteiger partial charge in [0.05, 0.1) is 9.88 Å². The molecule has 0 fully saturated rings. The second-order valence-corrected chi connectivity index (χ2v) is 5.97. The van der Waals surface area contributed by atoms with Gasteiger partial charge in [0.2, 0.25) is 10.0 Å². The molecule has 3 N–H and O–H groups in total. The molecule has 18 heavy (non-hydrogen) atoms. The van der Waals surface area contributed by atoms with Crippen molar-refractivity contribution in [3.05, 3.63) is 29.8 Å². The minimum Gasteiger partial charge on any atom is -0.393 e. The Balaban J connectivity index is 2.87.